The molecule has 3 rings (SSSR count). The van der Waals surface area contributed by atoms with Crippen molar-refractivity contribution in [1.82, 2.24) is 0 Å². The molecule has 0 spiro atoms. The van der Waals surface area contributed by atoms with Gasteiger partial charge >= 0.3 is 11.9 Å². The molecule has 2 aromatic carbocycles. The molecule has 0 saturated heterocycles. The summed E-state index contributed by atoms with van der Waals surface area (Å²) in [6.07, 6.45) is 0.742. The van der Waals surface area contributed by atoms with Crippen LogP contribution in [0.3, 0.4) is 0 Å². The van der Waals surface area contributed by atoms with Crippen LogP contribution in [-0.2, 0) is 19.6 Å². The molecule has 0 aromatic heterocycles. The maximum absolute atomic E-state index is 12.7. The van der Waals surface area contributed by atoms with E-state index in [2.05, 4.69) is 53.2 Å². The Morgan fingerprint density at radius 1 is 0.842 bits per heavy atom. The Balaban J connectivity index is 1.63. The quantitative estimate of drug-likeness (QED) is 0.224. The van der Waals surface area contributed by atoms with Gasteiger partial charge in [-0.25, -0.2) is 9.59 Å². The maximum atomic E-state index is 12.7. The summed E-state index contributed by atoms with van der Waals surface area (Å²) in [4.78, 5) is 46.8. The van der Waals surface area contributed by atoms with Crippen molar-refractivity contribution in [3.8, 4) is 0 Å². The van der Waals surface area contributed by atoms with Crippen molar-refractivity contribution in [1.29, 1.82) is 0 Å². The minimum absolute atomic E-state index is 0.0446. The van der Waals surface area contributed by atoms with Crippen LogP contribution in [0.25, 0.3) is 0 Å². The van der Waals surface area contributed by atoms with E-state index in [1.165, 1.54) is 0 Å². The first-order chi connectivity index (χ1) is 17.8. The van der Waals surface area contributed by atoms with Gasteiger partial charge < -0.3 is 0 Å². The Labute approximate surface area is 228 Å². The van der Waals surface area contributed by atoms with Crippen molar-refractivity contribution in [2.24, 2.45) is 5.92 Å². The van der Waals surface area contributed by atoms with Crippen molar-refractivity contribution in [2.75, 3.05) is 0 Å². The van der Waals surface area contributed by atoms with Gasteiger partial charge in [0.25, 0.3) is 0 Å². The molecule has 202 valence electrons. The molecule has 0 aliphatic heterocycles. The molecular weight excluding hydrogens is 512 g/mol. The summed E-state index contributed by atoms with van der Waals surface area (Å²) >= 11 is 0. The van der Waals surface area contributed by atoms with Crippen molar-refractivity contribution in [3.05, 3.63) is 98.1 Å². The van der Waals surface area contributed by atoms with Crippen LogP contribution in [0.5, 0.6) is 0 Å². The third kappa shape index (κ3) is 6.99. The van der Waals surface area contributed by atoms with Crippen LogP contribution in [-0.4, -0.2) is 39.8 Å². The molecule has 0 heterocycles. The third-order valence-corrected chi connectivity index (χ3v) is 13.1. The van der Waals surface area contributed by atoms with Crippen LogP contribution >= 0.6 is 0 Å². The molecule has 6 nitrogen and oxygen atoms in total. The second-order valence-electron chi connectivity index (χ2n) is 11.1. The fourth-order valence-corrected chi connectivity index (χ4v) is 6.62. The molecule has 1 fully saturated rings. The van der Waals surface area contributed by atoms with Crippen LogP contribution in [0.1, 0.15) is 40.0 Å². The van der Waals surface area contributed by atoms with Gasteiger partial charge in [-0.05, 0) is 56.4 Å². The monoisotopic (exact) mass is 550 g/mol. The molecule has 38 heavy (non-hydrogen) atoms. The average molecular weight is 551 g/mol. The first-order valence-electron chi connectivity index (χ1n) is 12.8. The Morgan fingerprint density at radius 2 is 1.29 bits per heavy atom. The fourth-order valence-electron chi connectivity index (χ4n) is 4.09. The van der Waals surface area contributed by atoms with E-state index in [-0.39, 0.29) is 5.92 Å². The molecule has 3 unspecified atom stereocenters. The summed E-state index contributed by atoms with van der Waals surface area (Å²) < 4.78 is 0. The number of carbonyl (C=O) groups excluding carboxylic acids is 2. The normalized spacial score (nSPS) is 21.8. The predicted octanol–water partition coefficient (Wildman–Crippen LogP) is 5.42. The van der Waals surface area contributed by atoms with Gasteiger partial charge in [0, 0.05) is 0 Å². The zero-order chi connectivity index (χ0) is 28.1. The van der Waals surface area contributed by atoms with Crippen LogP contribution in [0.15, 0.2) is 73.1 Å². The van der Waals surface area contributed by atoms with E-state index in [0.717, 1.165) is 10.4 Å². The van der Waals surface area contributed by atoms with Gasteiger partial charge in [-0.15, -0.1) is 13.2 Å². The number of benzene rings is 2. The summed E-state index contributed by atoms with van der Waals surface area (Å²) in [6.45, 7) is 24.8. The number of carbonyl (C=O) groups is 2. The van der Waals surface area contributed by atoms with Gasteiger partial charge in [-0.1, -0.05) is 79.1 Å². The van der Waals surface area contributed by atoms with E-state index in [0.29, 0.717) is 30.4 Å². The van der Waals surface area contributed by atoms with E-state index in [1.807, 2.05) is 35.7 Å². The van der Waals surface area contributed by atoms with Gasteiger partial charge in [0.15, 0.2) is 0 Å². The summed E-state index contributed by atoms with van der Waals surface area (Å²) in [5.74, 6) is -1.23. The number of rotatable bonds is 10. The molecule has 8 heteroatoms. The number of hydrogen-bond donors (Lipinski definition) is 0. The highest BCUT2D eigenvalue weighted by atomic mass is 28.3. The molecule has 0 N–H and O–H groups in total. The molecule has 2 radical (unpaired) electrons. The molecule has 1 saturated carbocycles. The third-order valence-electron chi connectivity index (χ3n) is 7.38. The van der Waals surface area contributed by atoms with Crippen LogP contribution in [0.2, 0.25) is 26.2 Å². The van der Waals surface area contributed by atoms with E-state index in [9.17, 15) is 9.59 Å². The lowest BCUT2D eigenvalue weighted by molar-refractivity contribution is -0.380. The Hall–Kier alpha value is -2.79. The second-order valence-corrected chi connectivity index (χ2v) is 20.0. The maximum Gasteiger partial charge on any atom is 0.373 e. The molecule has 0 amide bonds. The highest BCUT2D eigenvalue weighted by Gasteiger charge is 2.45. The van der Waals surface area contributed by atoms with Crippen molar-refractivity contribution in [3.63, 3.8) is 0 Å². The first-order valence-corrected chi connectivity index (χ1v) is 18.9. The van der Waals surface area contributed by atoms with Gasteiger partial charge in [-0.2, -0.15) is 9.78 Å². The van der Waals surface area contributed by atoms with Crippen LogP contribution in [0, 0.1) is 19.8 Å². The molecule has 0 bridgehead atoms. The van der Waals surface area contributed by atoms with Crippen molar-refractivity contribution < 1.29 is 29.1 Å². The highest BCUT2D eigenvalue weighted by molar-refractivity contribution is 6.94. The lowest BCUT2D eigenvalue weighted by Gasteiger charge is -2.39. The van der Waals surface area contributed by atoms with Gasteiger partial charge in [-0.3, -0.25) is 9.78 Å². The Morgan fingerprint density at radius 3 is 1.74 bits per heavy atom. The predicted molar refractivity (Wildman–Crippen MR) is 155 cm³/mol. The molecule has 3 atom stereocenters. The standard InChI is InChI=1S/C30H38O6Si2/c1-9-37(5,6)25-15-11-23(12-16-25)28(31)34-33-27-21-22(3)19-20-30(27,4)36-35-29(32)24-13-17-26(18-14-24)38(7,8)10-2/h9-18,22,27H,1-4,19-21H2,5-8H3. The topological polar surface area (TPSA) is 71.1 Å². The SMILES string of the molecule is [CH2]C1CCC([CH2])(OOC(=O)c2ccc([Si](C)(C)C=C)cc2)C(OOC(=O)c2ccc([Si](C)(C)C=C)cc2)C1. The zero-order valence-corrected chi connectivity index (χ0v) is 24.8. The fraction of sp³-hybridized carbons (Fsp3) is 0.333. The smallest absolute Gasteiger partial charge is 0.292 e. The van der Waals surface area contributed by atoms with Gasteiger partial charge in [0.1, 0.15) is 27.9 Å². The summed E-state index contributed by atoms with van der Waals surface area (Å²) in [5.41, 5.74) is 3.43. The highest BCUT2D eigenvalue weighted by Crippen LogP contribution is 2.37. The molecule has 2 aromatic rings. The largest absolute Gasteiger partial charge is 0.373 e. The van der Waals surface area contributed by atoms with Crippen molar-refractivity contribution >= 4 is 38.5 Å². The van der Waals surface area contributed by atoms with E-state index in [1.54, 1.807) is 24.3 Å². The molecular formula is C30H38O6Si2. The molecule has 1 aliphatic carbocycles. The summed E-state index contributed by atoms with van der Waals surface area (Å²) in [5, 5.41) is 2.31. The average Bonchev–Trinajstić information content (AvgIpc) is 2.92. The first kappa shape index (κ1) is 29.8. The summed E-state index contributed by atoms with van der Waals surface area (Å²) in [7, 11) is -3.47. The lowest BCUT2D eigenvalue weighted by Crippen LogP contribution is -2.49. The Bertz CT molecular complexity index is 1160. The van der Waals surface area contributed by atoms with Crippen LogP contribution < -0.4 is 10.4 Å². The second kappa shape index (κ2) is 11.9. The lowest BCUT2D eigenvalue weighted by atomic mass is 9.78. The van der Waals surface area contributed by atoms with E-state index < -0.39 is 39.8 Å². The van der Waals surface area contributed by atoms with E-state index >= 15 is 0 Å². The van der Waals surface area contributed by atoms with Crippen LogP contribution in [0.4, 0.5) is 0 Å². The van der Waals surface area contributed by atoms with Gasteiger partial charge in [0.2, 0.25) is 0 Å². The Kier molecular flexibility index (Phi) is 9.36. The van der Waals surface area contributed by atoms with Gasteiger partial charge in [0.05, 0.1) is 11.1 Å². The minimum Gasteiger partial charge on any atom is -0.292 e. The minimum atomic E-state index is -1.74. The van der Waals surface area contributed by atoms with E-state index in [4.69, 9.17) is 19.6 Å². The summed E-state index contributed by atoms with van der Waals surface area (Å²) in [6, 6.07) is 14.5. The van der Waals surface area contributed by atoms with Crippen molar-refractivity contribution in [2.45, 2.75) is 57.2 Å². The molecule has 1 aliphatic rings. The zero-order valence-electron chi connectivity index (χ0n) is 22.8. The number of hydrogen-bond acceptors (Lipinski definition) is 6.